The Morgan fingerprint density at radius 1 is 0.633 bits per heavy atom. The summed E-state index contributed by atoms with van der Waals surface area (Å²) in [5.74, 6) is 0.570. The molecule has 5 rings (SSSR count). The van der Waals surface area contributed by atoms with Gasteiger partial charge in [0.15, 0.2) is 0 Å². The second-order valence-corrected chi connectivity index (χ2v) is 13.4. The Balaban J connectivity index is 0.000000598. The molecular formula is C38H77N3O8. The first-order valence-electron chi connectivity index (χ1n) is 19.4. The summed E-state index contributed by atoms with van der Waals surface area (Å²) in [5, 5.41) is 14.9. The van der Waals surface area contributed by atoms with Crippen LogP contribution in [0.2, 0.25) is 0 Å². The molecule has 0 atom stereocenters. The second kappa shape index (κ2) is 33.8. The third kappa shape index (κ3) is 26.1. The number of carbonyl (C=O) groups is 2. The number of carbonyl (C=O) groups excluding carboxylic acids is 1. The second-order valence-electron chi connectivity index (χ2n) is 13.4. The first-order chi connectivity index (χ1) is 23.8. The van der Waals surface area contributed by atoms with Gasteiger partial charge in [-0.15, -0.1) is 0 Å². The topological polar surface area (TPSA) is 151 Å². The molecule has 3 saturated carbocycles. The number of rotatable bonds is 9. The van der Waals surface area contributed by atoms with Gasteiger partial charge in [0.05, 0.1) is 24.2 Å². The molecule has 0 aromatic carbocycles. The summed E-state index contributed by atoms with van der Waals surface area (Å²) >= 11 is 0. The number of nitrogens with one attached hydrogen (secondary N) is 2. The molecular weight excluding hydrogens is 626 g/mol. The third-order valence-electron chi connectivity index (χ3n) is 9.55. The van der Waals surface area contributed by atoms with Gasteiger partial charge in [-0.05, 0) is 135 Å². The molecule has 2 aliphatic heterocycles. The molecule has 2 saturated heterocycles. The van der Waals surface area contributed by atoms with Gasteiger partial charge in [-0.3, -0.25) is 9.59 Å². The van der Waals surface area contributed by atoms with Gasteiger partial charge in [-0.25, -0.2) is 0 Å². The molecule has 3 aliphatic carbocycles. The first kappa shape index (κ1) is 47.7. The minimum absolute atomic E-state index is 0.124. The van der Waals surface area contributed by atoms with E-state index < -0.39 is 5.97 Å². The van der Waals surface area contributed by atoms with E-state index in [4.69, 9.17) is 34.5 Å². The molecule has 0 aromatic rings. The van der Waals surface area contributed by atoms with Crippen molar-refractivity contribution in [2.24, 2.45) is 23.5 Å². The monoisotopic (exact) mass is 704 g/mol. The standard InChI is InChI=1S/C10H19NO2.C10H21NO.C8H14O3.2C4H8O.C2H7N/c1-3-11-10(12)8-4-6-9(13-2)7-5-8;1-3-11-8-9-4-6-10(12-2)7-5-9;1-11-7-4-2-6(3-5-7)8(9)10;2*1-2-4-5-3-1;1-2-3/h8-9H,3-7H2,1-2H3,(H,11,12);9-11H,3-8H2,1-2H3;6-7H,2-5H2,1H3,(H,9,10);2*1-4H2;2-3H2,1H3. The number of methoxy groups -OCH3 is 3. The van der Waals surface area contributed by atoms with E-state index in [1.54, 1.807) is 14.2 Å². The molecule has 11 nitrogen and oxygen atoms in total. The smallest absolute Gasteiger partial charge is 0.306 e. The van der Waals surface area contributed by atoms with Crippen LogP contribution in [0.1, 0.15) is 124 Å². The lowest BCUT2D eigenvalue weighted by Gasteiger charge is -2.27. The summed E-state index contributed by atoms with van der Waals surface area (Å²) in [6.07, 6.45) is 18.9. The van der Waals surface area contributed by atoms with Crippen LogP contribution in [0.25, 0.3) is 0 Å². The number of ether oxygens (including phenoxy) is 5. The molecule has 0 bridgehead atoms. The quantitative estimate of drug-likeness (QED) is 0.226. The number of amides is 1. The van der Waals surface area contributed by atoms with Crippen LogP contribution >= 0.6 is 0 Å². The van der Waals surface area contributed by atoms with Crippen LogP contribution in [0.15, 0.2) is 0 Å². The van der Waals surface area contributed by atoms with E-state index in [0.717, 1.165) is 103 Å². The Hall–Kier alpha value is -1.34. The molecule has 292 valence electrons. The minimum atomic E-state index is -0.653. The predicted molar refractivity (Wildman–Crippen MR) is 198 cm³/mol. The Labute approximate surface area is 299 Å². The zero-order valence-corrected chi connectivity index (χ0v) is 32.3. The van der Waals surface area contributed by atoms with Crippen LogP contribution in [0, 0.1) is 17.8 Å². The van der Waals surface area contributed by atoms with Crippen molar-refractivity contribution in [2.45, 2.75) is 142 Å². The zero-order valence-electron chi connectivity index (χ0n) is 32.3. The van der Waals surface area contributed by atoms with Crippen molar-refractivity contribution in [3.63, 3.8) is 0 Å². The molecule has 5 aliphatic rings. The Bertz CT molecular complexity index is 705. The number of carboxylic acid groups (broad SMARTS) is 1. The van der Waals surface area contributed by atoms with Crippen LogP contribution in [0.4, 0.5) is 0 Å². The summed E-state index contributed by atoms with van der Waals surface area (Å²) in [7, 11) is 5.26. The van der Waals surface area contributed by atoms with Gasteiger partial charge < -0.3 is 45.2 Å². The van der Waals surface area contributed by atoms with Crippen molar-refractivity contribution in [1.82, 2.24) is 10.6 Å². The maximum Gasteiger partial charge on any atom is 0.306 e. The average molecular weight is 704 g/mol. The SMILES string of the molecule is C1CCOC1.C1CCOC1.CCN.CCNC(=O)C1CCC(OC)CC1.CCNCC1CCC(OC)CC1.COC1CCC(C(=O)O)CC1. The van der Waals surface area contributed by atoms with Gasteiger partial charge in [0.1, 0.15) is 0 Å². The van der Waals surface area contributed by atoms with E-state index in [1.165, 1.54) is 57.9 Å². The van der Waals surface area contributed by atoms with Crippen LogP contribution in [0.5, 0.6) is 0 Å². The Kier molecular flexibility index (Phi) is 32.9. The molecule has 1 amide bonds. The van der Waals surface area contributed by atoms with Crippen LogP contribution in [-0.4, -0.2) is 109 Å². The highest BCUT2D eigenvalue weighted by molar-refractivity contribution is 5.78. The lowest BCUT2D eigenvalue weighted by Crippen LogP contribution is -2.34. The number of aliphatic carboxylic acids is 1. The van der Waals surface area contributed by atoms with Gasteiger partial charge in [-0.1, -0.05) is 13.8 Å². The van der Waals surface area contributed by atoms with Gasteiger partial charge in [-0.2, -0.15) is 0 Å². The Morgan fingerprint density at radius 2 is 1.00 bits per heavy atom. The van der Waals surface area contributed by atoms with E-state index in [-0.39, 0.29) is 17.7 Å². The van der Waals surface area contributed by atoms with E-state index in [9.17, 15) is 9.59 Å². The molecule has 0 radical (unpaired) electrons. The fourth-order valence-electron chi connectivity index (χ4n) is 6.37. The fraction of sp³-hybridized carbons (Fsp3) is 0.947. The van der Waals surface area contributed by atoms with Gasteiger partial charge in [0.25, 0.3) is 0 Å². The summed E-state index contributed by atoms with van der Waals surface area (Å²) in [6, 6.07) is 0. The molecule has 11 heteroatoms. The lowest BCUT2D eigenvalue weighted by molar-refractivity contribution is -0.143. The first-order valence-corrected chi connectivity index (χ1v) is 19.4. The van der Waals surface area contributed by atoms with E-state index in [2.05, 4.69) is 17.6 Å². The largest absolute Gasteiger partial charge is 0.481 e. The van der Waals surface area contributed by atoms with Crippen LogP contribution in [-0.2, 0) is 33.3 Å². The van der Waals surface area contributed by atoms with Crippen molar-refractivity contribution >= 4 is 11.9 Å². The highest BCUT2D eigenvalue weighted by Gasteiger charge is 2.26. The van der Waals surface area contributed by atoms with E-state index >= 15 is 0 Å². The van der Waals surface area contributed by atoms with E-state index in [0.29, 0.717) is 18.3 Å². The maximum absolute atomic E-state index is 11.4. The molecule has 0 unspecified atom stereocenters. The molecule has 0 spiro atoms. The number of carboxylic acids is 1. The van der Waals surface area contributed by atoms with Crippen molar-refractivity contribution in [1.29, 1.82) is 0 Å². The molecule has 2 heterocycles. The molecule has 0 aromatic heterocycles. The molecule has 5 fully saturated rings. The Morgan fingerprint density at radius 3 is 1.29 bits per heavy atom. The van der Waals surface area contributed by atoms with E-state index in [1.807, 2.05) is 21.0 Å². The lowest BCUT2D eigenvalue weighted by atomic mass is 9.87. The number of hydrogen-bond acceptors (Lipinski definition) is 9. The van der Waals surface area contributed by atoms with Gasteiger partial charge in [0, 0.05) is 60.2 Å². The minimum Gasteiger partial charge on any atom is -0.481 e. The zero-order chi connectivity index (χ0) is 36.5. The van der Waals surface area contributed by atoms with Crippen LogP contribution in [0.3, 0.4) is 0 Å². The summed E-state index contributed by atoms with van der Waals surface area (Å²) in [5.41, 5.74) is 4.85. The summed E-state index contributed by atoms with van der Waals surface area (Å²) in [6.45, 7) is 13.8. The van der Waals surface area contributed by atoms with Crippen molar-refractivity contribution < 1.29 is 38.4 Å². The highest BCUT2D eigenvalue weighted by Crippen LogP contribution is 2.27. The van der Waals surface area contributed by atoms with Crippen molar-refractivity contribution in [2.75, 3.05) is 73.9 Å². The van der Waals surface area contributed by atoms with Crippen molar-refractivity contribution in [3.8, 4) is 0 Å². The average Bonchev–Trinajstić information content (AvgIpc) is 3.93. The normalized spacial score (nSPS) is 27.4. The highest BCUT2D eigenvalue weighted by atomic mass is 16.5. The molecule has 49 heavy (non-hydrogen) atoms. The predicted octanol–water partition coefficient (Wildman–Crippen LogP) is 5.96. The third-order valence-corrected chi connectivity index (χ3v) is 9.55. The van der Waals surface area contributed by atoms with Gasteiger partial charge in [0.2, 0.25) is 5.91 Å². The summed E-state index contributed by atoms with van der Waals surface area (Å²) in [4.78, 5) is 21.9. The summed E-state index contributed by atoms with van der Waals surface area (Å²) < 4.78 is 25.6. The number of hydrogen-bond donors (Lipinski definition) is 4. The maximum atomic E-state index is 11.4. The molecule has 5 N–H and O–H groups in total. The fourth-order valence-corrected chi connectivity index (χ4v) is 6.37. The van der Waals surface area contributed by atoms with Gasteiger partial charge >= 0.3 is 5.97 Å². The van der Waals surface area contributed by atoms with Crippen molar-refractivity contribution in [3.05, 3.63) is 0 Å². The van der Waals surface area contributed by atoms with Crippen LogP contribution < -0.4 is 16.4 Å². The number of nitrogens with two attached hydrogens (primary N) is 1.